The van der Waals surface area contributed by atoms with Gasteiger partial charge in [-0.05, 0) is 36.8 Å². The van der Waals surface area contributed by atoms with Gasteiger partial charge in [-0.15, -0.1) is 0 Å². The lowest BCUT2D eigenvalue weighted by Crippen LogP contribution is -1.97. The third-order valence-corrected chi connectivity index (χ3v) is 2.31. The number of hydrogen-bond acceptors (Lipinski definition) is 3. The van der Waals surface area contributed by atoms with E-state index in [1.807, 2.05) is 6.92 Å². The highest BCUT2D eigenvalue weighted by Gasteiger charge is 2.07. The van der Waals surface area contributed by atoms with E-state index in [0.717, 1.165) is 5.56 Å². The second-order valence-corrected chi connectivity index (χ2v) is 3.57. The minimum Gasteiger partial charge on any atom is -0.478 e. The van der Waals surface area contributed by atoms with Crippen molar-refractivity contribution in [1.82, 2.24) is 4.98 Å². The molecule has 86 valence electrons. The maximum absolute atomic E-state index is 10.9. The van der Waals surface area contributed by atoms with Crippen LogP contribution >= 0.6 is 0 Å². The lowest BCUT2D eigenvalue weighted by Gasteiger charge is -2.08. The Kier molecular flexibility index (Phi) is 3.05. The smallest absolute Gasteiger partial charge is 0.335 e. The third-order valence-electron chi connectivity index (χ3n) is 2.31. The van der Waals surface area contributed by atoms with Gasteiger partial charge in [0.1, 0.15) is 11.5 Å². The summed E-state index contributed by atoms with van der Waals surface area (Å²) in [6.07, 6.45) is 3.23. The highest BCUT2D eigenvalue weighted by atomic mass is 16.5. The number of ether oxygens (including phenoxy) is 1. The molecule has 2 rings (SSSR count). The largest absolute Gasteiger partial charge is 0.478 e. The number of carboxylic acids is 1. The van der Waals surface area contributed by atoms with Gasteiger partial charge in [0, 0.05) is 12.4 Å². The van der Waals surface area contributed by atoms with E-state index in [2.05, 4.69) is 4.98 Å². The zero-order valence-corrected chi connectivity index (χ0v) is 9.25. The quantitative estimate of drug-likeness (QED) is 0.879. The van der Waals surface area contributed by atoms with Gasteiger partial charge in [-0.2, -0.15) is 0 Å². The van der Waals surface area contributed by atoms with E-state index in [1.165, 1.54) is 6.07 Å². The number of nitrogens with zero attached hydrogens (tertiary/aromatic N) is 1. The minimum absolute atomic E-state index is 0.208. The first-order valence-corrected chi connectivity index (χ1v) is 5.08. The molecule has 0 radical (unpaired) electrons. The zero-order chi connectivity index (χ0) is 12.3. The number of aryl methyl sites for hydroxylation is 1. The molecule has 0 saturated carbocycles. The molecule has 4 heteroatoms. The Morgan fingerprint density at radius 3 is 2.59 bits per heavy atom. The summed E-state index contributed by atoms with van der Waals surface area (Å²) >= 11 is 0. The van der Waals surface area contributed by atoms with Crippen molar-refractivity contribution in [2.45, 2.75) is 6.92 Å². The summed E-state index contributed by atoms with van der Waals surface area (Å²) in [4.78, 5) is 14.7. The molecule has 0 aliphatic heterocycles. The fourth-order valence-corrected chi connectivity index (χ4v) is 1.38. The van der Waals surface area contributed by atoms with Gasteiger partial charge in [-0.3, -0.25) is 4.98 Å². The highest BCUT2D eigenvalue weighted by molar-refractivity contribution is 5.88. The predicted molar refractivity (Wildman–Crippen MR) is 62.4 cm³/mol. The van der Waals surface area contributed by atoms with Crippen molar-refractivity contribution in [3.63, 3.8) is 0 Å². The number of carboxylic acid groups (broad SMARTS) is 1. The number of aromatic carboxylic acids is 1. The summed E-state index contributed by atoms with van der Waals surface area (Å²) in [5.41, 5.74) is 1.09. The van der Waals surface area contributed by atoms with Gasteiger partial charge < -0.3 is 9.84 Å². The average molecular weight is 229 g/mol. The fourth-order valence-electron chi connectivity index (χ4n) is 1.38. The molecule has 1 aromatic heterocycles. The van der Waals surface area contributed by atoms with Crippen LogP contribution in [-0.4, -0.2) is 16.1 Å². The molecular weight excluding hydrogens is 218 g/mol. The first-order valence-electron chi connectivity index (χ1n) is 5.08. The van der Waals surface area contributed by atoms with Gasteiger partial charge in [-0.1, -0.05) is 6.07 Å². The minimum atomic E-state index is -0.968. The van der Waals surface area contributed by atoms with Crippen LogP contribution in [0.15, 0.2) is 42.7 Å². The first kappa shape index (κ1) is 11.1. The normalized spacial score (nSPS) is 9.94. The van der Waals surface area contributed by atoms with Gasteiger partial charge in [0.15, 0.2) is 0 Å². The molecule has 0 fully saturated rings. The maximum Gasteiger partial charge on any atom is 0.335 e. The van der Waals surface area contributed by atoms with E-state index in [-0.39, 0.29) is 5.56 Å². The Hall–Kier alpha value is -2.36. The van der Waals surface area contributed by atoms with Gasteiger partial charge in [-0.25, -0.2) is 4.79 Å². The number of pyridine rings is 1. The van der Waals surface area contributed by atoms with Crippen LogP contribution in [0.1, 0.15) is 15.9 Å². The van der Waals surface area contributed by atoms with Crippen molar-refractivity contribution in [1.29, 1.82) is 0 Å². The highest BCUT2D eigenvalue weighted by Crippen LogP contribution is 2.25. The molecule has 2 aromatic rings. The van der Waals surface area contributed by atoms with Crippen LogP contribution in [0.4, 0.5) is 0 Å². The second-order valence-electron chi connectivity index (χ2n) is 3.57. The van der Waals surface area contributed by atoms with E-state index in [1.54, 1.807) is 36.7 Å². The van der Waals surface area contributed by atoms with Crippen LogP contribution in [0.2, 0.25) is 0 Å². The number of carbonyl (C=O) groups is 1. The van der Waals surface area contributed by atoms with Crippen molar-refractivity contribution in [3.05, 3.63) is 53.9 Å². The molecule has 1 aromatic carbocycles. The molecule has 0 atom stereocenters. The van der Waals surface area contributed by atoms with E-state index in [9.17, 15) is 4.79 Å². The Bertz CT molecular complexity index is 538. The summed E-state index contributed by atoms with van der Waals surface area (Å²) in [6.45, 7) is 1.86. The van der Waals surface area contributed by atoms with E-state index < -0.39 is 5.97 Å². The van der Waals surface area contributed by atoms with Gasteiger partial charge in [0.05, 0.1) is 5.56 Å². The lowest BCUT2D eigenvalue weighted by atomic mass is 10.1. The van der Waals surface area contributed by atoms with Crippen LogP contribution in [0.3, 0.4) is 0 Å². The van der Waals surface area contributed by atoms with Gasteiger partial charge >= 0.3 is 5.97 Å². The van der Waals surface area contributed by atoms with Crippen LogP contribution in [0.5, 0.6) is 11.5 Å². The Morgan fingerprint density at radius 1 is 1.24 bits per heavy atom. The number of aromatic nitrogens is 1. The van der Waals surface area contributed by atoms with E-state index >= 15 is 0 Å². The van der Waals surface area contributed by atoms with Gasteiger partial charge in [0.25, 0.3) is 0 Å². The molecule has 0 bridgehead atoms. The Balaban J connectivity index is 2.32. The van der Waals surface area contributed by atoms with E-state index in [0.29, 0.717) is 11.5 Å². The fraction of sp³-hybridized carbons (Fsp3) is 0.0769. The van der Waals surface area contributed by atoms with E-state index in [4.69, 9.17) is 9.84 Å². The first-order chi connectivity index (χ1) is 8.16. The van der Waals surface area contributed by atoms with Crippen LogP contribution < -0.4 is 4.74 Å². The number of rotatable bonds is 3. The van der Waals surface area contributed by atoms with Crippen LogP contribution in [0, 0.1) is 6.92 Å². The molecular formula is C13H11NO3. The summed E-state index contributed by atoms with van der Waals surface area (Å²) in [5, 5.41) is 8.90. The molecule has 17 heavy (non-hydrogen) atoms. The summed E-state index contributed by atoms with van der Waals surface area (Å²) < 4.78 is 5.60. The van der Waals surface area contributed by atoms with Crippen molar-refractivity contribution in [3.8, 4) is 11.5 Å². The summed E-state index contributed by atoms with van der Waals surface area (Å²) in [5.74, 6) is 0.200. The Morgan fingerprint density at radius 2 is 1.94 bits per heavy atom. The second kappa shape index (κ2) is 4.65. The molecule has 1 N–H and O–H groups in total. The molecule has 4 nitrogen and oxygen atoms in total. The standard InChI is InChI=1S/C13H11NO3/c1-9-2-3-10(13(15)16)8-12(9)17-11-4-6-14-7-5-11/h2-8H,1H3,(H,15,16). The molecule has 1 heterocycles. The molecule has 0 saturated heterocycles. The SMILES string of the molecule is Cc1ccc(C(=O)O)cc1Oc1ccncc1. The molecule has 0 aliphatic rings. The number of hydrogen-bond donors (Lipinski definition) is 1. The van der Waals surface area contributed by atoms with Crippen LogP contribution in [-0.2, 0) is 0 Å². The monoisotopic (exact) mass is 229 g/mol. The van der Waals surface area contributed by atoms with Gasteiger partial charge in [0.2, 0.25) is 0 Å². The summed E-state index contributed by atoms with van der Waals surface area (Å²) in [6, 6.07) is 8.22. The van der Waals surface area contributed by atoms with Crippen molar-refractivity contribution in [2.24, 2.45) is 0 Å². The topological polar surface area (TPSA) is 59.4 Å². The molecule has 0 unspecified atom stereocenters. The zero-order valence-electron chi connectivity index (χ0n) is 9.25. The molecule has 0 spiro atoms. The van der Waals surface area contributed by atoms with Crippen molar-refractivity contribution >= 4 is 5.97 Å². The number of benzene rings is 1. The third kappa shape index (κ3) is 2.60. The summed E-state index contributed by atoms with van der Waals surface area (Å²) in [7, 11) is 0. The van der Waals surface area contributed by atoms with Crippen molar-refractivity contribution < 1.29 is 14.6 Å². The Labute approximate surface area is 98.5 Å². The van der Waals surface area contributed by atoms with Crippen LogP contribution in [0.25, 0.3) is 0 Å². The lowest BCUT2D eigenvalue weighted by molar-refractivity contribution is 0.0696. The average Bonchev–Trinajstić information content (AvgIpc) is 2.33. The van der Waals surface area contributed by atoms with Crippen molar-refractivity contribution in [2.75, 3.05) is 0 Å². The molecule has 0 aliphatic carbocycles. The molecule has 0 amide bonds. The predicted octanol–water partition coefficient (Wildman–Crippen LogP) is 2.88. The maximum atomic E-state index is 10.9.